The van der Waals surface area contributed by atoms with Crippen molar-refractivity contribution in [2.75, 3.05) is 6.61 Å². The molecule has 138 valence electrons. The number of fused-ring (bicyclic) bond motifs is 1. The van der Waals surface area contributed by atoms with Gasteiger partial charge in [-0.2, -0.15) is 0 Å². The standard InChI is InChI=1S/C20H25FN4O/c1-13(2)10-20(3,22)11-26-17-6-5-14(9-16(17)21)18-15-7-8-25(4)19(15)24-12-23-18/h5-9,12-13H,10-11,22H2,1-4H3. The number of aryl methyl sites for hydroxylation is 1. The fourth-order valence-corrected chi connectivity index (χ4v) is 3.31. The minimum Gasteiger partial charge on any atom is -0.489 e. The van der Waals surface area contributed by atoms with Crippen molar-refractivity contribution < 1.29 is 9.13 Å². The maximum Gasteiger partial charge on any atom is 0.165 e. The molecule has 1 atom stereocenters. The van der Waals surface area contributed by atoms with Gasteiger partial charge in [-0.15, -0.1) is 0 Å². The van der Waals surface area contributed by atoms with E-state index in [9.17, 15) is 4.39 Å². The van der Waals surface area contributed by atoms with Crippen LogP contribution in [0.3, 0.4) is 0 Å². The fraction of sp³-hybridized carbons (Fsp3) is 0.400. The largest absolute Gasteiger partial charge is 0.489 e. The highest BCUT2D eigenvalue weighted by molar-refractivity contribution is 5.90. The molecule has 0 radical (unpaired) electrons. The molecule has 0 saturated heterocycles. The Morgan fingerprint density at radius 2 is 2.04 bits per heavy atom. The van der Waals surface area contributed by atoms with Gasteiger partial charge in [-0.1, -0.05) is 13.8 Å². The van der Waals surface area contributed by atoms with Gasteiger partial charge < -0.3 is 15.0 Å². The SMILES string of the molecule is CC(C)CC(C)(N)COc1ccc(-c2ncnc3c2ccn3C)cc1F. The lowest BCUT2D eigenvalue weighted by Crippen LogP contribution is -2.43. The van der Waals surface area contributed by atoms with E-state index >= 15 is 0 Å². The van der Waals surface area contributed by atoms with Crippen molar-refractivity contribution in [3.05, 3.63) is 42.6 Å². The second-order valence-electron chi connectivity index (χ2n) is 7.57. The van der Waals surface area contributed by atoms with Crippen LogP contribution in [-0.2, 0) is 7.05 Å². The molecule has 1 unspecified atom stereocenters. The molecule has 3 rings (SSSR count). The zero-order valence-electron chi connectivity index (χ0n) is 15.7. The summed E-state index contributed by atoms with van der Waals surface area (Å²) in [5.41, 5.74) is 7.93. The lowest BCUT2D eigenvalue weighted by Gasteiger charge is -2.26. The quantitative estimate of drug-likeness (QED) is 0.727. The highest BCUT2D eigenvalue weighted by Crippen LogP contribution is 2.29. The molecule has 0 bridgehead atoms. The molecule has 0 aliphatic carbocycles. The van der Waals surface area contributed by atoms with Gasteiger partial charge in [0.05, 0.1) is 5.69 Å². The number of ether oxygens (including phenoxy) is 1. The van der Waals surface area contributed by atoms with Gasteiger partial charge in [-0.25, -0.2) is 14.4 Å². The average molecular weight is 356 g/mol. The van der Waals surface area contributed by atoms with E-state index < -0.39 is 11.4 Å². The average Bonchev–Trinajstić information content (AvgIpc) is 2.94. The highest BCUT2D eigenvalue weighted by atomic mass is 19.1. The summed E-state index contributed by atoms with van der Waals surface area (Å²) in [4.78, 5) is 8.59. The van der Waals surface area contributed by atoms with Crippen LogP contribution in [0.5, 0.6) is 5.75 Å². The normalized spacial score (nSPS) is 14.0. The molecule has 0 aliphatic heterocycles. The van der Waals surface area contributed by atoms with E-state index in [0.29, 0.717) is 17.2 Å². The zero-order chi connectivity index (χ0) is 18.9. The predicted octanol–water partition coefficient (Wildman–Crippen LogP) is 3.92. The van der Waals surface area contributed by atoms with E-state index in [1.807, 2.05) is 36.9 Å². The van der Waals surface area contributed by atoms with Gasteiger partial charge in [0.1, 0.15) is 18.6 Å². The van der Waals surface area contributed by atoms with E-state index in [1.54, 1.807) is 6.07 Å². The van der Waals surface area contributed by atoms with Crippen LogP contribution < -0.4 is 10.5 Å². The Kier molecular flexibility index (Phi) is 4.96. The zero-order valence-corrected chi connectivity index (χ0v) is 15.7. The maximum absolute atomic E-state index is 14.6. The molecule has 2 aromatic heterocycles. The van der Waals surface area contributed by atoms with E-state index in [-0.39, 0.29) is 12.4 Å². The van der Waals surface area contributed by atoms with Crippen LogP contribution in [0.2, 0.25) is 0 Å². The molecule has 2 heterocycles. The number of nitrogens with two attached hydrogens (primary N) is 1. The van der Waals surface area contributed by atoms with Crippen LogP contribution >= 0.6 is 0 Å². The highest BCUT2D eigenvalue weighted by Gasteiger charge is 2.22. The summed E-state index contributed by atoms with van der Waals surface area (Å²) in [5, 5.41) is 0.884. The summed E-state index contributed by atoms with van der Waals surface area (Å²) in [6.07, 6.45) is 4.21. The molecule has 3 aromatic rings. The van der Waals surface area contributed by atoms with Crippen LogP contribution in [0.25, 0.3) is 22.3 Å². The Hall–Kier alpha value is -2.47. The monoisotopic (exact) mass is 356 g/mol. The minimum atomic E-state index is -0.498. The number of rotatable bonds is 6. The van der Waals surface area contributed by atoms with E-state index in [2.05, 4.69) is 23.8 Å². The smallest absolute Gasteiger partial charge is 0.165 e. The van der Waals surface area contributed by atoms with Crippen LogP contribution in [0, 0.1) is 11.7 Å². The molecular formula is C20H25FN4O. The molecule has 0 aliphatic rings. The first-order chi connectivity index (χ1) is 12.3. The van der Waals surface area contributed by atoms with Crippen LogP contribution in [-0.4, -0.2) is 26.7 Å². The molecule has 0 spiro atoms. The van der Waals surface area contributed by atoms with Gasteiger partial charge in [0, 0.05) is 29.7 Å². The lowest BCUT2D eigenvalue weighted by molar-refractivity contribution is 0.200. The Balaban J connectivity index is 1.83. The van der Waals surface area contributed by atoms with Crippen molar-refractivity contribution in [2.24, 2.45) is 18.7 Å². The second-order valence-corrected chi connectivity index (χ2v) is 7.57. The number of aromatic nitrogens is 3. The molecular weight excluding hydrogens is 331 g/mol. The Morgan fingerprint density at radius 3 is 2.73 bits per heavy atom. The fourth-order valence-electron chi connectivity index (χ4n) is 3.31. The van der Waals surface area contributed by atoms with Crippen LogP contribution in [0.4, 0.5) is 4.39 Å². The molecule has 2 N–H and O–H groups in total. The van der Waals surface area contributed by atoms with Crippen LogP contribution in [0.1, 0.15) is 27.2 Å². The summed E-state index contributed by atoms with van der Waals surface area (Å²) < 4.78 is 22.1. The third-order valence-corrected chi connectivity index (χ3v) is 4.30. The van der Waals surface area contributed by atoms with Crippen LogP contribution in [0.15, 0.2) is 36.8 Å². The van der Waals surface area contributed by atoms with Crippen molar-refractivity contribution in [1.82, 2.24) is 14.5 Å². The van der Waals surface area contributed by atoms with Gasteiger partial charge >= 0.3 is 0 Å². The van der Waals surface area contributed by atoms with Crippen molar-refractivity contribution in [3.63, 3.8) is 0 Å². The first-order valence-corrected chi connectivity index (χ1v) is 8.74. The van der Waals surface area contributed by atoms with Crippen molar-refractivity contribution in [2.45, 2.75) is 32.7 Å². The van der Waals surface area contributed by atoms with Crippen molar-refractivity contribution in [3.8, 4) is 17.0 Å². The van der Waals surface area contributed by atoms with E-state index in [4.69, 9.17) is 10.5 Å². The summed E-state index contributed by atoms with van der Waals surface area (Å²) in [6, 6.07) is 6.82. The van der Waals surface area contributed by atoms with Gasteiger partial charge in [0.25, 0.3) is 0 Å². The lowest BCUT2D eigenvalue weighted by atomic mass is 9.93. The summed E-state index contributed by atoms with van der Waals surface area (Å²) >= 11 is 0. The first-order valence-electron chi connectivity index (χ1n) is 8.74. The molecule has 26 heavy (non-hydrogen) atoms. The summed E-state index contributed by atoms with van der Waals surface area (Å²) in [6.45, 7) is 6.39. The molecule has 0 fully saturated rings. The van der Waals surface area contributed by atoms with Crippen molar-refractivity contribution in [1.29, 1.82) is 0 Å². The number of benzene rings is 1. The van der Waals surface area contributed by atoms with Gasteiger partial charge in [0.15, 0.2) is 11.6 Å². The number of halogens is 1. The Morgan fingerprint density at radius 1 is 1.27 bits per heavy atom. The molecule has 0 amide bonds. The minimum absolute atomic E-state index is 0.201. The van der Waals surface area contributed by atoms with E-state index in [0.717, 1.165) is 17.5 Å². The molecule has 5 nitrogen and oxygen atoms in total. The predicted molar refractivity (Wildman–Crippen MR) is 101 cm³/mol. The second kappa shape index (κ2) is 7.03. The number of hydrogen-bond acceptors (Lipinski definition) is 4. The number of nitrogens with zero attached hydrogens (tertiary/aromatic N) is 3. The Labute approximate surface area is 153 Å². The molecule has 0 saturated carbocycles. The third kappa shape index (κ3) is 3.85. The number of hydrogen-bond donors (Lipinski definition) is 1. The van der Waals surface area contributed by atoms with E-state index in [1.165, 1.54) is 12.4 Å². The van der Waals surface area contributed by atoms with Gasteiger partial charge in [0.2, 0.25) is 0 Å². The summed E-state index contributed by atoms with van der Waals surface area (Å²) in [7, 11) is 1.91. The van der Waals surface area contributed by atoms with Gasteiger partial charge in [-0.3, -0.25) is 0 Å². The third-order valence-electron chi connectivity index (χ3n) is 4.30. The topological polar surface area (TPSA) is 66.0 Å². The Bertz CT molecular complexity index is 917. The van der Waals surface area contributed by atoms with Crippen molar-refractivity contribution >= 4 is 11.0 Å². The van der Waals surface area contributed by atoms with Gasteiger partial charge in [-0.05, 0) is 43.5 Å². The molecule has 1 aromatic carbocycles. The first kappa shape index (κ1) is 18.3. The maximum atomic E-state index is 14.6. The molecule has 6 heteroatoms. The summed E-state index contributed by atoms with van der Waals surface area (Å²) in [5.74, 6) is 0.227.